The van der Waals surface area contributed by atoms with Crippen molar-refractivity contribution in [2.24, 2.45) is 0 Å². The lowest BCUT2D eigenvalue weighted by molar-refractivity contribution is -0.117. The van der Waals surface area contributed by atoms with Gasteiger partial charge in [-0.05, 0) is 61.5 Å². The van der Waals surface area contributed by atoms with E-state index >= 15 is 0 Å². The number of aromatic amines is 1. The van der Waals surface area contributed by atoms with Crippen molar-refractivity contribution < 1.29 is 19.4 Å². The van der Waals surface area contributed by atoms with Crippen LogP contribution in [0.2, 0.25) is 0 Å². The Morgan fingerprint density at radius 1 is 1.28 bits per heavy atom. The number of anilines is 3. The lowest BCUT2D eigenvalue weighted by Crippen LogP contribution is -2.33. The fourth-order valence-corrected chi connectivity index (χ4v) is 5.48. The summed E-state index contributed by atoms with van der Waals surface area (Å²) < 4.78 is 13.1. The number of likely N-dealkylation sites (tertiary alicyclic amines) is 1. The van der Waals surface area contributed by atoms with Crippen molar-refractivity contribution >= 4 is 40.5 Å². The van der Waals surface area contributed by atoms with E-state index in [0.717, 1.165) is 22.5 Å². The fourth-order valence-electron chi connectivity index (χ4n) is 4.73. The van der Waals surface area contributed by atoms with E-state index in [0.29, 0.717) is 48.8 Å². The second-order valence-corrected chi connectivity index (χ2v) is 10.8. The number of carbonyl (C=O) groups excluding carboxylic acids is 1. The van der Waals surface area contributed by atoms with Crippen molar-refractivity contribution in [3.05, 3.63) is 54.4 Å². The number of nitrogens with one attached hydrogen (secondary N) is 3. The molecular weight excluding hydrogens is 520 g/mol. The molecule has 2 saturated heterocycles. The predicted octanol–water partition coefficient (Wildman–Crippen LogP) is 2.44. The Morgan fingerprint density at radius 2 is 2.15 bits per heavy atom. The number of aryl methyl sites for hydroxylation is 1. The van der Waals surface area contributed by atoms with Crippen molar-refractivity contribution in [1.29, 1.82) is 0 Å². The number of β-amino-alcohol motifs (C(OH)–C–C–N with tert-alkyl or cyclic N) is 1. The first kappa shape index (κ1) is 25.8. The highest BCUT2D eigenvalue weighted by Gasteiger charge is 2.35. The molecule has 1 aromatic carbocycles. The number of H-pyrrole nitrogens is 1. The third-order valence-corrected chi connectivity index (χ3v) is 7.47. The van der Waals surface area contributed by atoms with Gasteiger partial charge in [0.1, 0.15) is 5.52 Å². The second kappa shape index (κ2) is 11.3. The van der Waals surface area contributed by atoms with Crippen LogP contribution in [0, 0.1) is 6.92 Å². The number of carbonyl (C=O) groups is 1. The number of amides is 1. The normalized spacial score (nSPS) is 21.5. The number of benzene rings is 1. The highest BCUT2D eigenvalue weighted by atomic mass is 32.2. The van der Waals surface area contributed by atoms with E-state index < -0.39 is 6.10 Å². The second-order valence-electron chi connectivity index (χ2n) is 9.74. The molecule has 0 radical (unpaired) electrons. The van der Waals surface area contributed by atoms with E-state index in [2.05, 4.69) is 25.9 Å². The highest BCUT2D eigenvalue weighted by molar-refractivity contribution is 7.99. The lowest BCUT2D eigenvalue weighted by Gasteiger charge is -2.19. The zero-order chi connectivity index (χ0) is 26.8. The summed E-state index contributed by atoms with van der Waals surface area (Å²) >= 11 is 1.42. The van der Waals surface area contributed by atoms with Crippen LogP contribution in [0.3, 0.4) is 0 Å². The van der Waals surface area contributed by atoms with Gasteiger partial charge in [-0.1, -0.05) is 0 Å². The molecule has 3 atom stereocenters. The Kier molecular flexibility index (Phi) is 7.48. The van der Waals surface area contributed by atoms with Crippen LogP contribution >= 0.6 is 11.8 Å². The summed E-state index contributed by atoms with van der Waals surface area (Å²) in [6.45, 7) is 4.30. The molecule has 3 aromatic heterocycles. The highest BCUT2D eigenvalue weighted by Crippen LogP contribution is 2.29. The number of rotatable bonds is 9. The van der Waals surface area contributed by atoms with Crippen LogP contribution in [0.1, 0.15) is 12.1 Å². The average Bonchev–Trinajstić information content (AvgIpc) is 3.71. The zero-order valence-corrected chi connectivity index (χ0v) is 22.2. The molecular formula is C26H30N8O4S. The van der Waals surface area contributed by atoms with Gasteiger partial charge in [-0.15, -0.1) is 5.10 Å². The molecule has 1 amide bonds. The van der Waals surface area contributed by atoms with Crippen LogP contribution < -0.4 is 10.6 Å². The molecule has 2 aliphatic heterocycles. The number of ether oxygens (including phenoxy) is 2. The number of aliphatic hydroxyl groups is 1. The average molecular weight is 551 g/mol. The molecule has 2 fully saturated rings. The van der Waals surface area contributed by atoms with E-state index in [4.69, 9.17) is 14.5 Å². The third-order valence-electron chi connectivity index (χ3n) is 6.61. The van der Waals surface area contributed by atoms with E-state index in [1.807, 2.05) is 60.5 Å². The van der Waals surface area contributed by atoms with Crippen LogP contribution in [0.15, 0.2) is 58.7 Å². The third kappa shape index (κ3) is 6.23. The van der Waals surface area contributed by atoms with Crippen LogP contribution in [0.25, 0.3) is 5.52 Å². The first-order chi connectivity index (χ1) is 19.0. The van der Waals surface area contributed by atoms with Gasteiger partial charge in [-0.3, -0.25) is 14.8 Å². The number of nitrogens with zero attached hydrogens (tertiary/aromatic N) is 5. The first-order valence-corrected chi connectivity index (χ1v) is 13.7. The fraction of sp³-hybridized carbons (Fsp3) is 0.385. The molecule has 5 heterocycles. The molecule has 6 rings (SSSR count). The van der Waals surface area contributed by atoms with E-state index in [9.17, 15) is 9.90 Å². The van der Waals surface area contributed by atoms with Gasteiger partial charge in [0.05, 0.1) is 31.5 Å². The predicted molar refractivity (Wildman–Crippen MR) is 145 cm³/mol. The van der Waals surface area contributed by atoms with Crippen molar-refractivity contribution in [3.8, 4) is 0 Å². The summed E-state index contributed by atoms with van der Waals surface area (Å²) in [5.74, 6) is 1.20. The quantitative estimate of drug-likeness (QED) is 0.245. The van der Waals surface area contributed by atoms with Gasteiger partial charge in [-0.2, -0.15) is 5.10 Å². The Morgan fingerprint density at radius 3 is 2.92 bits per heavy atom. The number of hydrogen-bond donors (Lipinski definition) is 4. The minimum atomic E-state index is -0.609. The van der Waals surface area contributed by atoms with Crippen molar-refractivity contribution in [2.45, 2.75) is 41.7 Å². The Balaban J connectivity index is 1.05. The maximum Gasteiger partial charge on any atom is 0.238 e. The van der Waals surface area contributed by atoms with Gasteiger partial charge >= 0.3 is 0 Å². The zero-order valence-electron chi connectivity index (χ0n) is 21.4. The molecule has 4 N–H and O–H groups in total. The molecule has 2 aliphatic rings. The molecule has 0 saturated carbocycles. The minimum absolute atomic E-state index is 0.0219. The SMILES string of the molecule is Cc1cc(Nc2nc(Sc3ccc(NC(=O)CN4CC(O)C(OC5CCOC5)C4)cc3)nn3cccc23)n[nH]1. The lowest BCUT2D eigenvalue weighted by atomic mass is 10.2. The molecule has 204 valence electrons. The van der Waals surface area contributed by atoms with Gasteiger partial charge in [0, 0.05) is 48.2 Å². The molecule has 12 nitrogen and oxygen atoms in total. The van der Waals surface area contributed by atoms with E-state index in [-0.39, 0.29) is 24.7 Å². The standard InChI is InChI=1S/C26H30N8O4S/c1-16-11-23(31-30-16)28-25-20-3-2-9-34(20)32-26(29-25)39-19-6-4-17(5-7-19)27-24(36)14-33-12-21(35)22(13-33)38-18-8-10-37-15-18/h2-7,9,11,18,21-22,35H,8,10,12-15H2,1H3,(H,27,36)(H2,28,29,30,31,32). The van der Waals surface area contributed by atoms with Gasteiger partial charge in [0.2, 0.25) is 11.1 Å². The number of fused-ring (bicyclic) bond motifs is 1. The Bertz CT molecular complexity index is 1440. The molecule has 4 aromatic rings. The smallest absolute Gasteiger partial charge is 0.238 e. The van der Waals surface area contributed by atoms with Gasteiger partial charge in [0.25, 0.3) is 0 Å². The maximum absolute atomic E-state index is 12.7. The Hall–Kier alpha value is -3.49. The molecule has 39 heavy (non-hydrogen) atoms. The van der Waals surface area contributed by atoms with Crippen LogP contribution in [-0.2, 0) is 14.3 Å². The Labute approximate surface area is 229 Å². The molecule has 0 aliphatic carbocycles. The summed E-state index contributed by atoms with van der Waals surface area (Å²) in [5, 5.41) is 28.9. The van der Waals surface area contributed by atoms with Crippen LogP contribution in [0.4, 0.5) is 17.3 Å². The molecule has 13 heteroatoms. The maximum atomic E-state index is 12.7. The van der Waals surface area contributed by atoms with Gasteiger partial charge in [-0.25, -0.2) is 9.50 Å². The first-order valence-electron chi connectivity index (χ1n) is 12.8. The minimum Gasteiger partial charge on any atom is -0.389 e. The summed E-state index contributed by atoms with van der Waals surface area (Å²) in [4.78, 5) is 20.2. The monoisotopic (exact) mass is 550 g/mol. The summed E-state index contributed by atoms with van der Waals surface area (Å²) in [5.41, 5.74) is 2.48. The number of hydrogen-bond acceptors (Lipinski definition) is 10. The molecule has 0 bridgehead atoms. The van der Waals surface area contributed by atoms with Crippen molar-refractivity contribution in [1.82, 2.24) is 29.7 Å². The van der Waals surface area contributed by atoms with Crippen molar-refractivity contribution in [3.63, 3.8) is 0 Å². The van der Waals surface area contributed by atoms with E-state index in [1.165, 1.54) is 11.8 Å². The summed E-state index contributed by atoms with van der Waals surface area (Å²) in [6.07, 6.45) is 1.83. The van der Waals surface area contributed by atoms with E-state index in [1.54, 1.807) is 4.52 Å². The molecule has 3 unspecified atom stereocenters. The number of aliphatic hydroxyl groups excluding tert-OH is 1. The van der Waals surface area contributed by atoms with Gasteiger partial charge < -0.3 is 25.2 Å². The largest absolute Gasteiger partial charge is 0.389 e. The van der Waals surface area contributed by atoms with Gasteiger partial charge in [0.15, 0.2) is 11.6 Å². The summed E-state index contributed by atoms with van der Waals surface area (Å²) in [6, 6.07) is 13.3. The van der Waals surface area contributed by atoms with Crippen LogP contribution in [0.5, 0.6) is 0 Å². The van der Waals surface area contributed by atoms with Crippen LogP contribution in [-0.4, -0.2) is 91.9 Å². The molecule has 0 spiro atoms. The topological polar surface area (TPSA) is 142 Å². The summed E-state index contributed by atoms with van der Waals surface area (Å²) in [7, 11) is 0. The number of aromatic nitrogens is 5. The van der Waals surface area contributed by atoms with Crippen molar-refractivity contribution in [2.75, 3.05) is 43.5 Å².